The molecule has 7 heteroatoms. The molecule has 0 saturated heterocycles. The molecule has 3 aromatic rings. The number of fused-ring (bicyclic) bond motifs is 1. The third-order valence-corrected chi connectivity index (χ3v) is 4.59. The zero-order valence-electron chi connectivity index (χ0n) is 14.5. The van der Waals surface area contributed by atoms with Gasteiger partial charge in [0, 0.05) is 17.7 Å². The molecule has 26 heavy (non-hydrogen) atoms. The van der Waals surface area contributed by atoms with Crippen LogP contribution in [-0.4, -0.2) is 23.4 Å². The minimum atomic E-state index is -0.206. The van der Waals surface area contributed by atoms with Crippen LogP contribution in [0.5, 0.6) is 5.75 Å². The maximum absolute atomic E-state index is 12.4. The Labute approximate surface area is 155 Å². The van der Waals surface area contributed by atoms with Gasteiger partial charge in [0.05, 0.1) is 16.8 Å². The molecule has 0 aliphatic carbocycles. The number of rotatable bonds is 6. The minimum Gasteiger partial charge on any atom is -0.494 e. The van der Waals surface area contributed by atoms with E-state index in [1.807, 2.05) is 19.1 Å². The van der Waals surface area contributed by atoms with Crippen molar-refractivity contribution in [3.63, 3.8) is 0 Å². The maximum Gasteiger partial charge on any atom is 0.255 e. The minimum absolute atomic E-state index is 0.0759. The van der Waals surface area contributed by atoms with Crippen molar-refractivity contribution < 1.29 is 14.3 Å². The highest BCUT2D eigenvalue weighted by Gasteiger charge is 2.10. The van der Waals surface area contributed by atoms with Gasteiger partial charge >= 0.3 is 0 Å². The Morgan fingerprint density at radius 1 is 1.08 bits per heavy atom. The lowest BCUT2D eigenvalue weighted by Gasteiger charge is -2.07. The van der Waals surface area contributed by atoms with E-state index in [2.05, 4.69) is 15.6 Å². The summed E-state index contributed by atoms with van der Waals surface area (Å²) < 4.78 is 6.32. The summed E-state index contributed by atoms with van der Waals surface area (Å²) in [4.78, 5) is 28.3. The quantitative estimate of drug-likeness (QED) is 0.679. The fourth-order valence-electron chi connectivity index (χ4n) is 2.34. The number of nitrogens with zero attached hydrogens (tertiary/aromatic N) is 1. The molecule has 0 atom stereocenters. The van der Waals surface area contributed by atoms with Gasteiger partial charge in [-0.3, -0.25) is 9.59 Å². The first-order valence-electron chi connectivity index (χ1n) is 8.33. The number of carbonyl (C=O) groups is 2. The second-order valence-corrected chi connectivity index (χ2v) is 6.55. The lowest BCUT2D eigenvalue weighted by atomic mass is 10.2. The molecule has 1 heterocycles. The lowest BCUT2D eigenvalue weighted by Crippen LogP contribution is -2.11. The molecule has 6 nitrogen and oxygen atoms in total. The molecule has 2 aromatic carbocycles. The van der Waals surface area contributed by atoms with Gasteiger partial charge in [0.2, 0.25) is 5.91 Å². The number of anilines is 2. The zero-order chi connectivity index (χ0) is 18.5. The van der Waals surface area contributed by atoms with Crippen LogP contribution in [0.15, 0.2) is 42.5 Å². The van der Waals surface area contributed by atoms with Crippen molar-refractivity contribution in [1.82, 2.24) is 4.98 Å². The summed E-state index contributed by atoms with van der Waals surface area (Å²) in [5.74, 6) is 0.449. The lowest BCUT2D eigenvalue weighted by molar-refractivity contribution is -0.115. The molecule has 0 unspecified atom stereocenters. The molecule has 3 rings (SSSR count). The number of ether oxygens (including phenoxy) is 1. The van der Waals surface area contributed by atoms with Crippen molar-refractivity contribution in [1.29, 1.82) is 0 Å². The Bertz CT molecular complexity index is 935. The molecule has 0 bridgehead atoms. The SMILES string of the molecule is CCOc1ccc(C(=O)Nc2ccc3sc(NC(=O)CC)nc3c2)cc1. The Morgan fingerprint density at radius 3 is 2.54 bits per heavy atom. The monoisotopic (exact) mass is 369 g/mol. The van der Waals surface area contributed by atoms with E-state index in [0.29, 0.717) is 29.4 Å². The summed E-state index contributed by atoms with van der Waals surface area (Å²) in [6.45, 7) is 4.28. The summed E-state index contributed by atoms with van der Waals surface area (Å²) in [5.41, 5.74) is 1.92. The number of thiazole rings is 1. The van der Waals surface area contributed by atoms with Gasteiger partial charge in [-0.05, 0) is 49.4 Å². The van der Waals surface area contributed by atoms with Crippen LogP contribution in [0.4, 0.5) is 10.8 Å². The second kappa shape index (κ2) is 7.97. The number of carbonyl (C=O) groups excluding carboxylic acids is 2. The van der Waals surface area contributed by atoms with Gasteiger partial charge in [0.15, 0.2) is 5.13 Å². The Hall–Kier alpha value is -2.93. The van der Waals surface area contributed by atoms with Gasteiger partial charge in [-0.2, -0.15) is 0 Å². The van der Waals surface area contributed by atoms with Crippen LogP contribution >= 0.6 is 11.3 Å². The average molecular weight is 369 g/mol. The van der Waals surface area contributed by atoms with E-state index in [0.717, 1.165) is 16.0 Å². The molecular formula is C19H19N3O3S. The molecule has 0 radical (unpaired) electrons. The fourth-order valence-corrected chi connectivity index (χ4v) is 3.20. The molecule has 1 aromatic heterocycles. The summed E-state index contributed by atoms with van der Waals surface area (Å²) in [6.07, 6.45) is 0.402. The second-order valence-electron chi connectivity index (χ2n) is 5.51. The van der Waals surface area contributed by atoms with Gasteiger partial charge in [0.1, 0.15) is 5.75 Å². The van der Waals surface area contributed by atoms with Crippen LogP contribution in [0, 0.1) is 0 Å². The number of nitrogens with one attached hydrogen (secondary N) is 2. The van der Waals surface area contributed by atoms with Crippen molar-refractivity contribution in [3.8, 4) is 5.75 Å². The van der Waals surface area contributed by atoms with Gasteiger partial charge in [0.25, 0.3) is 5.91 Å². The normalized spacial score (nSPS) is 10.5. The van der Waals surface area contributed by atoms with Crippen molar-refractivity contribution in [2.75, 3.05) is 17.2 Å². The Balaban J connectivity index is 1.73. The number of hydrogen-bond acceptors (Lipinski definition) is 5. The van der Waals surface area contributed by atoms with Crippen LogP contribution in [0.2, 0.25) is 0 Å². The number of hydrogen-bond donors (Lipinski definition) is 2. The summed E-state index contributed by atoms with van der Waals surface area (Å²) in [7, 11) is 0. The summed E-state index contributed by atoms with van der Waals surface area (Å²) in [6, 6.07) is 12.5. The third kappa shape index (κ3) is 4.18. The Kier molecular flexibility index (Phi) is 5.48. The maximum atomic E-state index is 12.4. The van der Waals surface area contributed by atoms with E-state index >= 15 is 0 Å². The van der Waals surface area contributed by atoms with Gasteiger partial charge in [-0.1, -0.05) is 18.3 Å². The predicted octanol–water partition coefficient (Wildman–Crippen LogP) is 4.30. The topological polar surface area (TPSA) is 80.3 Å². The van der Waals surface area contributed by atoms with Crippen molar-refractivity contribution in [3.05, 3.63) is 48.0 Å². The van der Waals surface area contributed by atoms with Gasteiger partial charge in [-0.15, -0.1) is 0 Å². The first kappa shape index (κ1) is 17.9. The first-order valence-corrected chi connectivity index (χ1v) is 9.15. The van der Waals surface area contributed by atoms with Crippen LogP contribution in [-0.2, 0) is 4.79 Å². The van der Waals surface area contributed by atoms with Crippen LogP contribution in [0.25, 0.3) is 10.2 Å². The third-order valence-electron chi connectivity index (χ3n) is 3.64. The van der Waals surface area contributed by atoms with E-state index < -0.39 is 0 Å². The van der Waals surface area contributed by atoms with Gasteiger partial charge in [-0.25, -0.2) is 4.98 Å². The molecular weight excluding hydrogens is 350 g/mol. The number of aromatic nitrogens is 1. The largest absolute Gasteiger partial charge is 0.494 e. The molecule has 0 aliphatic rings. The summed E-state index contributed by atoms with van der Waals surface area (Å²) >= 11 is 1.40. The smallest absolute Gasteiger partial charge is 0.255 e. The van der Waals surface area contributed by atoms with Gasteiger partial charge < -0.3 is 15.4 Å². The molecule has 0 spiro atoms. The molecule has 0 fully saturated rings. The van der Waals surface area contributed by atoms with E-state index in [4.69, 9.17) is 4.74 Å². The van der Waals surface area contributed by atoms with Crippen LogP contribution < -0.4 is 15.4 Å². The van der Waals surface area contributed by atoms with Crippen molar-refractivity contribution in [2.45, 2.75) is 20.3 Å². The number of benzene rings is 2. The van der Waals surface area contributed by atoms with Crippen LogP contribution in [0.3, 0.4) is 0 Å². The van der Waals surface area contributed by atoms with Crippen molar-refractivity contribution >= 4 is 44.2 Å². The average Bonchev–Trinajstić information content (AvgIpc) is 3.03. The summed E-state index contributed by atoms with van der Waals surface area (Å²) in [5, 5.41) is 6.17. The highest BCUT2D eigenvalue weighted by atomic mass is 32.1. The van der Waals surface area contributed by atoms with E-state index in [1.165, 1.54) is 11.3 Å². The molecule has 0 saturated carbocycles. The number of amides is 2. The standard InChI is InChI=1S/C19H19N3O3S/c1-3-17(23)22-19-21-15-11-13(7-10-16(15)26-19)20-18(24)12-5-8-14(9-6-12)25-4-2/h5-11H,3-4H2,1-2H3,(H,20,24)(H,21,22,23). The van der Waals surface area contributed by atoms with Crippen LogP contribution in [0.1, 0.15) is 30.6 Å². The van der Waals surface area contributed by atoms with Crippen molar-refractivity contribution in [2.24, 2.45) is 0 Å². The zero-order valence-corrected chi connectivity index (χ0v) is 15.4. The van der Waals surface area contributed by atoms with E-state index in [-0.39, 0.29) is 11.8 Å². The molecule has 2 amide bonds. The molecule has 2 N–H and O–H groups in total. The molecule has 134 valence electrons. The predicted molar refractivity (Wildman–Crippen MR) is 104 cm³/mol. The fraction of sp³-hybridized carbons (Fsp3) is 0.211. The Morgan fingerprint density at radius 2 is 1.85 bits per heavy atom. The first-order chi connectivity index (χ1) is 12.6. The van der Waals surface area contributed by atoms with E-state index in [1.54, 1.807) is 37.3 Å². The highest BCUT2D eigenvalue weighted by molar-refractivity contribution is 7.22. The molecule has 0 aliphatic heterocycles. The highest BCUT2D eigenvalue weighted by Crippen LogP contribution is 2.28. The van der Waals surface area contributed by atoms with E-state index in [9.17, 15) is 9.59 Å².